The molecule has 4 rings (SSSR count). The topological polar surface area (TPSA) is 26.3 Å². The Balaban J connectivity index is 1.24. The first-order valence-corrected chi connectivity index (χ1v) is 17.5. The molecule has 0 aliphatic heterocycles. The van der Waals surface area contributed by atoms with Crippen LogP contribution in [0.3, 0.4) is 0 Å². The molecule has 0 aliphatic carbocycles. The lowest BCUT2D eigenvalue weighted by Crippen LogP contribution is -2.08. The Morgan fingerprint density at radius 1 is 0.500 bits per heavy atom. The van der Waals surface area contributed by atoms with Crippen molar-refractivity contribution in [2.75, 3.05) is 11.5 Å². The molecule has 0 amide bonds. The average Bonchev–Trinajstić information content (AvgIpc) is 3.04. The van der Waals surface area contributed by atoms with Crippen LogP contribution in [0, 0.1) is 0 Å². The lowest BCUT2D eigenvalue weighted by molar-refractivity contribution is 0.0735. The van der Waals surface area contributed by atoms with Gasteiger partial charge in [0, 0.05) is 9.79 Å². The summed E-state index contributed by atoms with van der Waals surface area (Å²) < 4.78 is 5.67. The number of hydrogen-bond donors (Lipinski definition) is 0. The number of benzene rings is 4. The van der Waals surface area contributed by atoms with Crippen LogP contribution in [0.15, 0.2) is 107 Å². The number of carbonyl (C=O) groups is 1. The van der Waals surface area contributed by atoms with Gasteiger partial charge in [-0.05, 0) is 95.1 Å². The Hall–Kier alpha value is -2.95. The van der Waals surface area contributed by atoms with Crippen LogP contribution in [0.1, 0.15) is 82.0 Å². The highest BCUT2D eigenvalue weighted by Crippen LogP contribution is 2.28. The molecule has 42 heavy (non-hydrogen) atoms. The highest BCUT2D eigenvalue weighted by molar-refractivity contribution is 7.99. The van der Waals surface area contributed by atoms with Gasteiger partial charge in [0.05, 0.1) is 5.56 Å². The zero-order valence-corrected chi connectivity index (χ0v) is 26.8. The zero-order chi connectivity index (χ0) is 29.4. The van der Waals surface area contributed by atoms with E-state index in [4.69, 9.17) is 4.74 Å². The second-order valence-corrected chi connectivity index (χ2v) is 13.0. The van der Waals surface area contributed by atoms with E-state index in [9.17, 15) is 4.79 Å². The lowest BCUT2D eigenvalue weighted by atomic mass is 10.0. The SMILES string of the molecule is CCCCCCCCSc1ccc(-c2ccc(OC(=O)c3ccc(-c4ccc(SCCCCC)cc4)cc3)cc2)cc1. The predicted molar refractivity (Wildman–Crippen MR) is 183 cm³/mol. The van der Waals surface area contributed by atoms with Gasteiger partial charge in [0.15, 0.2) is 0 Å². The molecular weight excluding hydrogens is 553 g/mol. The van der Waals surface area contributed by atoms with E-state index in [1.807, 2.05) is 72.1 Å². The van der Waals surface area contributed by atoms with Gasteiger partial charge in [0.1, 0.15) is 5.75 Å². The average molecular weight is 597 g/mol. The number of unbranched alkanes of at least 4 members (excludes halogenated alkanes) is 7. The van der Waals surface area contributed by atoms with Crippen molar-refractivity contribution < 1.29 is 9.53 Å². The predicted octanol–water partition coefficient (Wildman–Crippen LogP) is 12.0. The quantitative estimate of drug-likeness (QED) is 0.0524. The third-order valence-corrected chi connectivity index (χ3v) is 9.54. The summed E-state index contributed by atoms with van der Waals surface area (Å²) in [6.45, 7) is 4.50. The number of thioether (sulfide) groups is 2. The van der Waals surface area contributed by atoms with Crippen molar-refractivity contribution in [2.45, 2.75) is 81.4 Å². The summed E-state index contributed by atoms with van der Waals surface area (Å²) in [7, 11) is 0. The molecule has 4 heteroatoms. The van der Waals surface area contributed by atoms with Gasteiger partial charge in [-0.3, -0.25) is 0 Å². The third kappa shape index (κ3) is 10.4. The summed E-state index contributed by atoms with van der Waals surface area (Å²) in [6, 6.07) is 32.8. The monoisotopic (exact) mass is 596 g/mol. The summed E-state index contributed by atoms with van der Waals surface area (Å²) in [5.41, 5.74) is 5.05. The van der Waals surface area contributed by atoms with Crippen LogP contribution >= 0.6 is 23.5 Å². The Bertz CT molecular complexity index is 1330. The molecule has 0 bridgehead atoms. The molecule has 0 spiro atoms. The van der Waals surface area contributed by atoms with Crippen LogP contribution in [0.5, 0.6) is 5.75 Å². The fraction of sp³-hybridized carbons (Fsp3) is 0.342. The minimum Gasteiger partial charge on any atom is -0.423 e. The Morgan fingerprint density at radius 2 is 0.881 bits per heavy atom. The summed E-state index contributed by atoms with van der Waals surface area (Å²) in [5.74, 6) is 2.55. The molecule has 0 aliphatic rings. The van der Waals surface area contributed by atoms with Gasteiger partial charge in [-0.15, -0.1) is 23.5 Å². The molecule has 4 aromatic rings. The van der Waals surface area contributed by atoms with Crippen molar-refractivity contribution in [2.24, 2.45) is 0 Å². The molecule has 4 aromatic carbocycles. The number of ether oxygens (including phenoxy) is 1. The van der Waals surface area contributed by atoms with Gasteiger partial charge < -0.3 is 4.74 Å². The van der Waals surface area contributed by atoms with Gasteiger partial charge in [0.25, 0.3) is 0 Å². The van der Waals surface area contributed by atoms with E-state index < -0.39 is 0 Å². The summed E-state index contributed by atoms with van der Waals surface area (Å²) >= 11 is 3.86. The fourth-order valence-corrected chi connectivity index (χ4v) is 6.61. The van der Waals surface area contributed by atoms with Crippen LogP contribution < -0.4 is 4.74 Å². The molecular formula is C38H44O2S2. The van der Waals surface area contributed by atoms with E-state index >= 15 is 0 Å². The maximum Gasteiger partial charge on any atom is 0.343 e. The summed E-state index contributed by atoms with van der Waals surface area (Å²) in [6.07, 6.45) is 11.8. The lowest BCUT2D eigenvalue weighted by Gasteiger charge is -2.08. The smallest absolute Gasteiger partial charge is 0.343 e. The number of esters is 1. The van der Waals surface area contributed by atoms with Gasteiger partial charge in [0.2, 0.25) is 0 Å². The molecule has 0 N–H and O–H groups in total. The van der Waals surface area contributed by atoms with Crippen molar-refractivity contribution in [3.05, 3.63) is 103 Å². The van der Waals surface area contributed by atoms with Crippen molar-refractivity contribution in [1.82, 2.24) is 0 Å². The van der Waals surface area contributed by atoms with E-state index in [-0.39, 0.29) is 5.97 Å². The largest absolute Gasteiger partial charge is 0.423 e. The standard InChI is InChI=1S/C38H44O2S2/c1-3-5-7-8-9-11-29-42-37-26-20-33(21-27-37)31-16-22-35(23-17-31)40-38(39)34-14-12-30(13-15-34)32-18-24-36(25-19-32)41-28-10-6-4-2/h12-27H,3-11,28-29H2,1-2H3. The highest BCUT2D eigenvalue weighted by atomic mass is 32.2. The second-order valence-electron chi connectivity index (χ2n) is 10.7. The summed E-state index contributed by atoms with van der Waals surface area (Å²) in [4.78, 5) is 15.4. The minimum absolute atomic E-state index is 0.347. The molecule has 2 nitrogen and oxygen atoms in total. The molecule has 0 atom stereocenters. The Morgan fingerprint density at radius 3 is 1.38 bits per heavy atom. The molecule has 0 unspecified atom stereocenters. The zero-order valence-electron chi connectivity index (χ0n) is 25.1. The first-order chi connectivity index (χ1) is 20.7. The summed E-state index contributed by atoms with van der Waals surface area (Å²) in [5, 5.41) is 0. The molecule has 0 aromatic heterocycles. The van der Waals surface area contributed by atoms with Crippen LogP contribution in [0.25, 0.3) is 22.3 Å². The number of rotatable bonds is 17. The Kier molecular flexibility index (Phi) is 13.6. The van der Waals surface area contributed by atoms with E-state index in [2.05, 4.69) is 62.4 Å². The maximum absolute atomic E-state index is 12.8. The highest BCUT2D eigenvalue weighted by Gasteiger charge is 2.10. The van der Waals surface area contributed by atoms with Gasteiger partial charge in [-0.2, -0.15) is 0 Å². The first kappa shape index (κ1) is 32.0. The van der Waals surface area contributed by atoms with Crippen molar-refractivity contribution in [3.8, 4) is 28.0 Å². The third-order valence-electron chi connectivity index (χ3n) is 7.34. The van der Waals surface area contributed by atoms with E-state index in [0.29, 0.717) is 11.3 Å². The number of hydrogen-bond acceptors (Lipinski definition) is 4. The molecule has 0 heterocycles. The van der Waals surface area contributed by atoms with Crippen LogP contribution in [-0.2, 0) is 0 Å². The normalized spacial score (nSPS) is 11.0. The van der Waals surface area contributed by atoms with Gasteiger partial charge >= 0.3 is 5.97 Å². The van der Waals surface area contributed by atoms with E-state index in [0.717, 1.165) is 22.3 Å². The molecule has 0 saturated carbocycles. The number of carbonyl (C=O) groups excluding carboxylic acids is 1. The maximum atomic E-state index is 12.8. The second kappa shape index (κ2) is 17.9. The van der Waals surface area contributed by atoms with E-state index in [1.165, 1.54) is 79.1 Å². The minimum atomic E-state index is -0.347. The molecule has 0 saturated heterocycles. The fourth-order valence-electron chi connectivity index (χ4n) is 4.78. The van der Waals surface area contributed by atoms with Crippen molar-refractivity contribution in [1.29, 1.82) is 0 Å². The Labute approximate surface area is 261 Å². The van der Waals surface area contributed by atoms with E-state index in [1.54, 1.807) is 0 Å². The molecule has 0 fully saturated rings. The van der Waals surface area contributed by atoms with Gasteiger partial charge in [-0.1, -0.05) is 107 Å². The van der Waals surface area contributed by atoms with Crippen LogP contribution in [-0.4, -0.2) is 17.5 Å². The first-order valence-electron chi connectivity index (χ1n) is 15.5. The molecule has 0 radical (unpaired) electrons. The van der Waals surface area contributed by atoms with Crippen LogP contribution in [0.4, 0.5) is 0 Å². The van der Waals surface area contributed by atoms with Crippen LogP contribution in [0.2, 0.25) is 0 Å². The van der Waals surface area contributed by atoms with Crippen molar-refractivity contribution in [3.63, 3.8) is 0 Å². The molecule has 220 valence electrons. The van der Waals surface area contributed by atoms with Crippen molar-refractivity contribution >= 4 is 29.5 Å². The van der Waals surface area contributed by atoms with Gasteiger partial charge in [-0.25, -0.2) is 4.79 Å².